The number of hydrogen-bond donors (Lipinski definition) is 3. The van der Waals surface area contributed by atoms with Crippen LogP contribution in [0.1, 0.15) is 11.1 Å². The molecule has 2 aromatic rings. The fourth-order valence-corrected chi connectivity index (χ4v) is 1.70. The molecular formula is C14H14N4O. The number of carbonyl (C=O) groups excluding carboxylic acids is 1. The smallest absolute Gasteiger partial charge is 0.332 e. The number of amides is 2. The van der Waals surface area contributed by atoms with Crippen molar-refractivity contribution in [2.24, 2.45) is 10.8 Å². The molecule has 0 aliphatic rings. The molecule has 19 heavy (non-hydrogen) atoms. The number of anilines is 1. The summed E-state index contributed by atoms with van der Waals surface area (Å²) in [6.45, 7) is 0. The summed E-state index contributed by atoms with van der Waals surface area (Å²) in [5, 5.41) is 4.04. The minimum atomic E-state index is -0.720. The van der Waals surface area contributed by atoms with Gasteiger partial charge in [0, 0.05) is 16.8 Å². The molecule has 2 rings (SSSR count). The number of nitrogens with zero attached hydrogens (tertiary/aromatic N) is 1. The van der Waals surface area contributed by atoms with Gasteiger partial charge in [-0.2, -0.15) is 5.10 Å². The largest absolute Gasteiger partial charge is 0.398 e. The molecule has 5 nitrogen and oxygen atoms in total. The number of urea groups is 1. The monoisotopic (exact) mass is 254 g/mol. The zero-order valence-corrected chi connectivity index (χ0v) is 10.2. The van der Waals surface area contributed by atoms with E-state index < -0.39 is 6.03 Å². The maximum absolute atomic E-state index is 10.8. The lowest BCUT2D eigenvalue weighted by Crippen LogP contribution is -2.26. The van der Waals surface area contributed by atoms with Gasteiger partial charge in [-0.15, -0.1) is 0 Å². The van der Waals surface area contributed by atoms with E-state index in [0.717, 1.165) is 11.1 Å². The number of carbonyl (C=O) groups is 1. The van der Waals surface area contributed by atoms with E-state index >= 15 is 0 Å². The van der Waals surface area contributed by atoms with Crippen molar-refractivity contribution >= 4 is 17.4 Å². The van der Waals surface area contributed by atoms with Crippen LogP contribution in [0.3, 0.4) is 0 Å². The number of nitrogen functional groups attached to an aromatic ring is 1. The molecule has 0 aromatic heterocycles. The van der Waals surface area contributed by atoms with Crippen molar-refractivity contribution in [1.82, 2.24) is 5.43 Å². The van der Waals surface area contributed by atoms with Gasteiger partial charge < -0.3 is 11.5 Å². The first-order valence-electron chi connectivity index (χ1n) is 5.72. The van der Waals surface area contributed by atoms with Crippen LogP contribution in [0.2, 0.25) is 0 Å². The quantitative estimate of drug-likeness (QED) is 0.441. The Morgan fingerprint density at radius 3 is 2.26 bits per heavy atom. The molecule has 5 heteroatoms. The summed E-state index contributed by atoms with van der Waals surface area (Å²) in [6.07, 6.45) is 0. The van der Waals surface area contributed by atoms with Crippen LogP contribution in [-0.2, 0) is 0 Å². The lowest BCUT2D eigenvalue weighted by Gasteiger charge is -2.09. The van der Waals surface area contributed by atoms with Crippen LogP contribution in [0.4, 0.5) is 10.5 Å². The second kappa shape index (κ2) is 5.68. The number of benzene rings is 2. The third-order valence-corrected chi connectivity index (χ3v) is 2.54. The average Bonchev–Trinajstić information content (AvgIpc) is 2.42. The molecular weight excluding hydrogens is 240 g/mol. The molecule has 0 heterocycles. The van der Waals surface area contributed by atoms with Gasteiger partial charge in [0.25, 0.3) is 0 Å². The fourth-order valence-electron chi connectivity index (χ4n) is 1.70. The van der Waals surface area contributed by atoms with Crippen LogP contribution in [0.5, 0.6) is 0 Å². The van der Waals surface area contributed by atoms with Gasteiger partial charge in [-0.3, -0.25) is 0 Å². The molecule has 0 atom stereocenters. The first kappa shape index (κ1) is 12.6. The van der Waals surface area contributed by atoms with Crippen molar-refractivity contribution < 1.29 is 4.79 Å². The van der Waals surface area contributed by atoms with Crippen molar-refractivity contribution in [3.8, 4) is 0 Å². The summed E-state index contributed by atoms with van der Waals surface area (Å²) in [7, 11) is 0. The van der Waals surface area contributed by atoms with Gasteiger partial charge in [-0.05, 0) is 6.07 Å². The van der Waals surface area contributed by atoms with Crippen molar-refractivity contribution in [2.75, 3.05) is 5.73 Å². The predicted octanol–water partition coefficient (Wildman–Crippen LogP) is 1.69. The standard InChI is InChI=1S/C14H14N4O/c15-12-9-5-4-8-11(12)13(17-18-14(16)19)10-6-2-1-3-7-10/h1-9H,15H2,(H3,16,18,19)/b17-13+. The van der Waals surface area contributed by atoms with Gasteiger partial charge >= 0.3 is 6.03 Å². The summed E-state index contributed by atoms with van der Waals surface area (Å²) >= 11 is 0. The van der Waals surface area contributed by atoms with Crippen LogP contribution in [0.25, 0.3) is 0 Å². The molecule has 0 unspecified atom stereocenters. The Morgan fingerprint density at radius 2 is 1.63 bits per heavy atom. The molecule has 0 fully saturated rings. The maximum atomic E-state index is 10.8. The Kier molecular flexibility index (Phi) is 3.78. The van der Waals surface area contributed by atoms with E-state index in [1.807, 2.05) is 48.5 Å². The second-order valence-electron chi connectivity index (χ2n) is 3.89. The van der Waals surface area contributed by atoms with Gasteiger partial charge in [0.2, 0.25) is 0 Å². The molecule has 2 aromatic carbocycles. The summed E-state index contributed by atoms with van der Waals surface area (Å²) in [6, 6.07) is 16.0. The highest BCUT2D eigenvalue weighted by Gasteiger charge is 2.10. The molecule has 0 saturated carbocycles. The highest BCUT2D eigenvalue weighted by molar-refractivity contribution is 6.15. The maximum Gasteiger partial charge on any atom is 0.332 e. The van der Waals surface area contributed by atoms with Gasteiger partial charge in [-0.1, -0.05) is 48.5 Å². The topological polar surface area (TPSA) is 93.5 Å². The lowest BCUT2D eigenvalue weighted by atomic mass is 10.0. The highest BCUT2D eigenvalue weighted by atomic mass is 16.2. The molecule has 0 aliphatic heterocycles. The summed E-state index contributed by atoms with van der Waals surface area (Å²) in [4.78, 5) is 10.8. The van der Waals surface area contributed by atoms with E-state index in [1.54, 1.807) is 6.07 Å². The highest BCUT2D eigenvalue weighted by Crippen LogP contribution is 2.16. The third-order valence-electron chi connectivity index (χ3n) is 2.54. The number of hydrogen-bond acceptors (Lipinski definition) is 3. The van der Waals surface area contributed by atoms with Crippen LogP contribution in [-0.4, -0.2) is 11.7 Å². The first-order chi connectivity index (χ1) is 9.18. The van der Waals surface area contributed by atoms with Gasteiger partial charge in [0.05, 0.1) is 5.71 Å². The van der Waals surface area contributed by atoms with Crippen molar-refractivity contribution in [2.45, 2.75) is 0 Å². The number of rotatable bonds is 3. The molecule has 2 amide bonds. The summed E-state index contributed by atoms with van der Waals surface area (Å²) < 4.78 is 0. The minimum absolute atomic E-state index is 0.567. The molecule has 0 saturated heterocycles. The van der Waals surface area contributed by atoms with E-state index in [0.29, 0.717) is 11.4 Å². The third kappa shape index (κ3) is 3.10. The number of nitrogens with two attached hydrogens (primary N) is 2. The Morgan fingerprint density at radius 1 is 1.00 bits per heavy atom. The zero-order chi connectivity index (χ0) is 13.7. The predicted molar refractivity (Wildman–Crippen MR) is 75.7 cm³/mol. The van der Waals surface area contributed by atoms with Crippen LogP contribution < -0.4 is 16.9 Å². The van der Waals surface area contributed by atoms with Crippen LogP contribution in [0.15, 0.2) is 59.7 Å². The van der Waals surface area contributed by atoms with Crippen molar-refractivity contribution in [3.05, 3.63) is 65.7 Å². The van der Waals surface area contributed by atoms with Gasteiger partial charge in [0.15, 0.2) is 0 Å². The SMILES string of the molecule is NC(=O)N/N=C(\c1ccccc1)c1ccccc1N. The Labute approximate surface area is 110 Å². The zero-order valence-electron chi connectivity index (χ0n) is 10.2. The van der Waals surface area contributed by atoms with Crippen LogP contribution >= 0.6 is 0 Å². The van der Waals surface area contributed by atoms with Gasteiger partial charge in [0.1, 0.15) is 0 Å². The van der Waals surface area contributed by atoms with Crippen molar-refractivity contribution in [3.63, 3.8) is 0 Å². The second-order valence-corrected chi connectivity index (χ2v) is 3.89. The fraction of sp³-hybridized carbons (Fsp3) is 0. The lowest BCUT2D eigenvalue weighted by molar-refractivity contribution is 0.249. The molecule has 0 radical (unpaired) electrons. The molecule has 96 valence electrons. The number of nitrogens with one attached hydrogen (secondary N) is 1. The van der Waals surface area contributed by atoms with E-state index in [-0.39, 0.29) is 0 Å². The van der Waals surface area contributed by atoms with Crippen molar-refractivity contribution in [1.29, 1.82) is 0 Å². The normalized spacial score (nSPS) is 11.1. The Hall–Kier alpha value is -2.82. The summed E-state index contributed by atoms with van der Waals surface area (Å²) in [5.74, 6) is 0. The first-order valence-corrected chi connectivity index (χ1v) is 5.72. The average molecular weight is 254 g/mol. The number of primary amides is 1. The Balaban J connectivity index is 2.50. The minimum Gasteiger partial charge on any atom is -0.398 e. The Bertz CT molecular complexity index is 608. The summed E-state index contributed by atoms with van der Waals surface area (Å²) in [5.41, 5.74) is 16.0. The van der Waals surface area contributed by atoms with E-state index in [1.165, 1.54) is 0 Å². The van der Waals surface area contributed by atoms with Crippen LogP contribution in [0, 0.1) is 0 Å². The van der Waals surface area contributed by atoms with E-state index in [4.69, 9.17) is 11.5 Å². The van der Waals surface area contributed by atoms with E-state index in [2.05, 4.69) is 10.5 Å². The molecule has 0 spiro atoms. The molecule has 0 bridgehead atoms. The molecule has 5 N–H and O–H groups in total. The van der Waals surface area contributed by atoms with E-state index in [9.17, 15) is 4.79 Å². The molecule has 0 aliphatic carbocycles. The van der Waals surface area contributed by atoms with Gasteiger partial charge in [-0.25, -0.2) is 10.2 Å². The number of hydrazone groups is 1. The number of para-hydroxylation sites is 1.